The van der Waals surface area contributed by atoms with Gasteiger partial charge in [0.2, 0.25) is 10.0 Å². The van der Waals surface area contributed by atoms with Crippen molar-refractivity contribution in [3.63, 3.8) is 0 Å². The third-order valence-corrected chi connectivity index (χ3v) is 4.01. The molecule has 0 heterocycles. The summed E-state index contributed by atoms with van der Waals surface area (Å²) in [6.45, 7) is 2.65. The van der Waals surface area contributed by atoms with Gasteiger partial charge in [-0.3, -0.25) is 0 Å². The summed E-state index contributed by atoms with van der Waals surface area (Å²) in [5.41, 5.74) is -0.255. The van der Waals surface area contributed by atoms with Gasteiger partial charge in [-0.05, 0) is 25.1 Å². The van der Waals surface area contributed by atoms with Crippen LogP contribution in [-0.2, 0) is 14.8 Å². The average Bonchev–Trinajstić information content (AvgIpc) is 2.34. The monoisotopic (exact) mass is 307 g/mol. The van der Waals surface area contributed by atoms with Crippen LogP contribution >= 0.6 is 11.6 Å². The number of rotatable bonds is 7. The molecule has 8 heteroatoms. The van der Waals surface area contributed by atoms with Gasteiger partial charge in [-0.25, -0.2) is 17.9 Å². The summed E-state index contributed by atoms with van der Waals surface area (Å²) < 4.78 is 31.1. The summed E-state index contributed by atoms with van der Waals surface area (Å²) in [6.07, 6.45) is 0. The minimum Gasteiger partial charge on any atom is -0.478 e. The topological polar surface area (TPSA) is 92.7 Å². The summed E-state index contributed by atoms with van der Waals surface area (Å²) in [5, 5.41) is 8.87. The Bertz CT molecular complexity index is 558. The molecule has 0 unspecified atom stereocenters. The molecule has 1 aromatic rings. The van der Waals surface area contributed by atoms with E-state index in [2.05, 4.69) is 4.72 Å². The highest BCUT2D eigenvalue weighted by Crippen LogP contribution is 2.20. The zero-order valence-electron chi connectivity index (χ0n) is 10.2. The molecule has 0 aliphatic carbocycles. The van der Waals surface area contributed by atoms with Gasteiger partial charge in [-0.15, -0.1) is 0 Å². The third kappa shape index (κ3) is 4.46. The molecule has 106 valence electrons. The van der Waals surface area contributed by atoms with Crippen LogP contribution in [0.2, 0.25) is 5.02 Å². The minimum atomic E-state index is -3.77. The highest BCUT2D eigenvalue weighted by atomic mass is 35.5. The van der Waals surface area contributed by atoms with E-state index in [4.69, 9.17) is 21.4 Å². The Morgan fingerprint density at radius 2 is 2.16 bits per heavy atom. The molecule has 0 amide bonds. The number of hydrogen-bond donors (Lipinski definition) is 2. The standard InChI is InChI=1S/C11H14ClNO5S/c1-2-18-6-5-13-19(16,17)8-3-4-10(12)9(7-8)11(14)15/h3-4,7,13H,2,5-6H2,1H3,(H,14,15). The molecule has 19 heavy (non-hydrogen) atoms. The van der Waals surface area contributed by atoms with Crippen molar-refractivity contribution in [2.75, 3.05) is 19.8 Å². The lowest BCUT2D eigenvalue weighted by molar-refractivity contribution is 0.0697. The second kappa shape index (κ2) is 6.85. The number of carboxylic acids is 1. The van der Waals surface area contributed by atoms with Gasteiger partial charge in [0.1, 0.15) is 0 Å². The molecule has 0 saturated heterocycles. The van der Waals surface area contributed by atoms with Crippen LogP contribution in [0.3, 0.4) is 0 Å². The fraction of sp³-hybridized carbons (Fsp3) is 0.364. The van der Waals surface area contributed by atoms with Gasteiger partial charge in [0.05, 0.1) is 22.1 Å². The number of benzene rings is 1. The van der Waals surface area contributed by atoms with Gasteiger partial charge in [-0.1, -0.05) is 11.6 Å². The van der Waals surface area contributed by atoms with Crippen molar-refractivity contribution in [3.05, 3.63) is 28.8 Å². The van der Waals surface area contributed by atoms with Crippen molar-refractivity contribution in [1.29, 1.82) is 0 Å². The molecule has 6 nitrogen and oxygen atoms in total. The molecule has 1 aromatic carbocycles. The molecule has 0 aromatic heterocycles. The van der Waals surface area contributed by atoms with Gasteiger partial charge >= 0.3 is 5.97 Å². The van der Waals surface area contributed by atoms with E-state index < -0.39 is 16.0 Å². The van der Waals surface area contributed by atoms with Gasteiger partial charge < -0.3 is 9.84 Å². The lowest BCUT2D eigenvalue weighted by Gasteiger charge is -2.08. The first kappa shape index (κ1) is 15.9. The van der Waals surface area contributed by atoms with E-state index in [1.165, 1.54) is 12.1 Å². The van der Waals surface area contributed by atoms with Gasteiger partial charge in [0.15, 0.2) is 0 Å². The van der Waals surface area contributed by atoms with E-state index >= 15 is 0 Å². The maximum absolute atomic E-state index is 11.9. The molecule has 0 spiro atoms. The number of halogens is 1. The van der Waals surface area contributed by atoms with E-state index in [1.54, 1.807) is 6.92 Å². The largest absolute Gasteiger partial charge is 0.478 e. The molecule has 0 saturated carbocycles. The minimum absolute atomic E-state index is 0.0132. The van der Waals surface area contributed by atoms with Crippen LogP contribution in [0.1, 0.15) is 17.3 Å². The molecular formula is C11H14ClNO5S. The number of carbonyl (C=O) groups is 1. The van der Waals surface area contributed by atoms with E-state index in [9.17, 15) is 13.2 Å². The summed E-state index contributed by atoms with van der Waals surface area (Å²) in [4.78, 5) is 10.7. The number of ether oxygens (including phenoxy) is 1. The quantitative estimate of drug-likeness (QED) is 0.742. The summed E-state index contributed by atoms with van der Waals surface area (Å²) in [6, 6.07) is 3.51. The first-order chi connectivity index (χ1) is 8.88. The molecule has 0 bridgehead atoms. The number of aromatic carboxylic acids is 1. The molecular weight excluding hydrogens is 294 g/mol. The van der Waals surface area contributed by atoms with E-state index in [-0.39, 0.29) is 28.6 Å². The van der Waals surface area contributed by atoms with Crippen LogP contribution in [0.4, 0.5) is 0 Å². The Kier molecular flexibility index (Phi) is 5.74. The molecule has 2 N–H and O–H groups in total. The van der Waals surface area contributed by atoms with E-state index in [0.717, 1.165) is 6.07 Å². The third-order valence-electron chi connectivity index (χ3n) is 2.22. The lowest BCUT2D eigenvalue weighted by atomic mass is 10.2. The van der Waals surface area contributed by atoms with Crippen molar-refractivity contribution < 1.29 is 23.1 Å². The van der Waals surface area contributed by atoms with Crippen LogP contribution in [0.25, 0.3) is 0 Å². The molecule has 0 radical (unpaired) electrons. The molecule has 0 aliphatic rings. The Morgan fingerprint density at radius 1 is 1.47 bits per heavy atom. The second-order valence-electron chi connectivity index (χ2n) is 3.54. The Morgan fingerprint density at radius 3 is 2.74 bits per heavy atom. The maximum Gasteiger partial charge on any atom is 0.337 e. The Balaban J connectivity index is 2.89. The van der Waals surface area contributed by atoms with Crippen LogP contribution in [-0.4, -0.2) is 39.3 Å². The number of hydrogen-bond acceptors (Lipinski definition) is 4. The van der Waals surface area contributed by atoms with E-state index in [0.29, 0.717) is 6.61 Å². The van der Waals surface area contributed by atoms with Crippen molar-refractivity contribution in [2.24, 2.45) is 0 Å². The molecule has 0 atom stereocenters. The Labute approximate surface area is 116 Å². The van der Waals surface area contributed by atoms with Crippen molar-refractivity contribution >= 4 is 27.6 Å². The molecule has 1 rings (SSSR count). The Hall–Kier alpha value is -1.15. The number of sulfonamides is 1. The fourth-order valence-electron chi connectivity index (χ4n) is 1.31. The number of nitrogens with one attached hydrogen (secondary N) is 1. The highest BCUT2D eigenvalue weighted by molar-refractivity contribution is 7.89. The molecule has 0 fully saturated rings. The van der Waals surface area contributed by atoms with Crippen LogP contribution in [0.5, 0.6) is 0 Å². The van der Waals surface area contributed by atoms with Gasteiger partial charge in [0, 0.05) is 13.2 Å². The first-order valence-electron chi connectivity index (χ1n) is 5.48. The van der Waals surface area contributed by atoms with E-state index in [1.807, 2.05) is 0 Å². The van der Waals surface area contributed by atoms with Crippen molar-refractivity contribution in [3.8, 4) is 0 Å². The first-order valence-corrected chi connectivity index (χ1v) is 7.35. The second-order valence-corrected chi connectivity index (χ2v) is 5.72. The zero-order chi connectivity index (χ0) is 14.5. The highest BCUT2D eigenvalue weighted by Gasteiger charge is 2.17. The van der Waals surface area contributed by atoms with Crippen molar-refractivity contribution in [2.45, 2.75) is 11.8 Å². The van der Waals surface area contributed by atoms with Crippen LogP contribution < -0.4 is 4.72 Å². The average molecular weight is 308 g/mol. The predicted molar refractivity (Wildman–Crippen MR) is 70.1 cm³/mol. The van der Waals surface area contributed by atoms with Crippen LogP contribution in [0, 0.1) is 0 Å². The van der Waals surface area contributed by atoms with Crippen molar-refractivity contribution in [1.82, 2.24) is 4.72 Å². The van der Waals surface area contributed by atoms with Gasteiger partial charge in [0.25, 0.3) is 0 Å². The lowest BCUT2D eigenvalue weighted by Crippen LogP contribution is -2.27. The predicted octanol–water partition coefficient (Wildman–Crippen LogP) is 1.35. The normalized spacial score (nSPS) is 11.5. The molecule has 0 aliphatic heterocycles. The maximum atomic E-state index is 11.9. The summed E-state index contributed by atoms with van der Waals surface area (Å²) >= 11 is 5.67. The van der Waals surface area contributed by atoms with Crippen LogP contribution in [0.15, 0.2) is 23.1 Å². The smallest absolute Gasteiger partial charge is 0.337 e. The fourth-order valence-corrected chi connectivity index (χ4v) is 2.55. The SMILES string of the molecule is CCOCCNS(=O)(=O)c1ccc(Cl)c(C(=O)O)c1. The van der Waals surface area contributed by atoms with Gasteiger partial charge in [-0.2, -0.15) is 0 Å². The summed E-state index contributed by atoms with van der Waals surface area (Å²) in [5.74, 6) is -1.28. The summed E-state index contributed by atoms with van der Waals surface area (Å²) in [7, 11) is -3.77. The zero-order valence-corrected chi connectivity index (χ0v) is 11.8. The number of carboxylic acid groups (broad SMARTS) is 1.